The van der Waals surface area contributed by atoms with Gasteiger partial charge >= 0.3 is 0 Å². The molecule has 0 nitrogen and oxygen atoms in total. The molecule has 0 radical (unpaired) electrons. The lowest BCUT2D eigenvalue weighted by molar-refractivity contribution is 0.947. The Balaban J connectivity index is 2.51. The molecule has 0 N–H and O–H groups in total. The summed E-state index contributed by atoms with van der Waals surface area (Å²) >= 11 is 3.32. The Bertz CT molecular complexity index is 64.0. The summed E-state index contributed by atoms with van der Waals surface area (Å²) in [5.41, 5.74) is 0. The summed E-state index contributed by atoms with van der Waals surface area (Å²) in [6, 6.07) is 0. The van der Waals surface area contributed by atoms with Gasteiger partial charge in [-0.1, -0.05) is 22.0 Å². The first-order valence-corrected chi connectivity index (χ1v) is 2.53. The van der Waals surface area contributed by atoms with Crippen LogP contribution >= 0.6 is 15.9 Å². The normalized spacial score (nSPS) is 20.6. The molecule has 0 saturated carbocycles. The molecule has 5 heavy (non-hydrogen) atoms. The Hall–Kier alpha value is 0.220. The number of hydrogen-bond donors (Lipinski definition) is 0. The van der Waals surface area contributed by atoms with Crippen molar-refractivity contribution in [1.82, 2.24) is 0 Å². The summed E-state index contributed by atoms with van der Waals surface area (Å²) in [5, 5.41) is 0. The van der Waals surface area contributed by atoms with Gasteiger partial charge < -0.3 is 0 Å². The summed E-state index contributed by atoms with van der Waals surface area (Å²) < 4.78 is 1.37. The van der Waals surface area contributed by atoms with E-state index in [1.54, 1.807) is 0 Å². The molecule has 1 aliphatic rings. The van der Waals surface area contributed by atoms with E-state index in [0.29, 0.717) is 0 Å². The Morgan fingerprint density at radius 2 is 2.20 bits per heavy atom. The Kier molecular flexibility index (Phi) is 0.772. The second kappa shape index (κ2) is 1.13. The highest BCUT2D eigenvalue weighted by Gasteiger charge is 1.97. The van der Waals surface area contributed by atoms with Crippen molar-refractivity contribution in [2.75, 3.05) is 0 Å². The molecule has 0 heterocycles. The molecule has 0 spiro atoms. The van der Waals surface area contributed by atoms with Crippen molar-refractivity contribution >= 4 is 15.9 Å². The molecular formula is C4H5Br. The first kappa shape index (κ1) is 3.41. The van der Waals surface area contributed by atoms with Gasteiger partial charge in [0.05, 0.1) is 0 Å². The van der Waals surface area contributed by atoms with E-state index in [9.17, 15) is 0 Å². The summed E-state index contributed by atoms with van der Waals surface area (Å²) in [4.78, 5) is 0. The first-order valence-electron chi connectivity index (χ1n) is 1.74. The standard InChI is InChI=1S/C4H5Br/c5-4-2-1-3-4/h2H,1,3H2. The van der Waals surface area contributed by atoms with E-state index >= 15 is 0 Å². The molecule has 1 rings (SSSR count). The molecule has 1 aliphatic carbocycles. The highest BCUT2D eigenvalue weighted by atomic mass is 79.9. The van der Waals surface area contributed by atoms with Gasteiger partial charge in [0.15, 0.2) is 0 Å². The third kappa shape index (κ3) is 0.538. The summed E-state index contributed by atoms with van der Waals surface area (Å²) in [5.74, 6) is 0. The van der Waals surface area contributed by atoms with E-state index < -0.39 is 0 Å². The van der Waals surface area contributed by atoms with Crippen LogP contribution in [0.3, 0.4) is 0 Å². The van der Waals surface area contributed by atoms with Crippen LogP contribution in [0.1, 0.15) is 12.8 Å². The third-order valence-corrected chi connectivity index (χ3v) is 1.47. The maximum Gasteiger partial charge on any atom is -0.00860 e. The topological polar surface area (TPSA) is 0 Å². The van der Waals surface area contributed by atoms with Crippen LogP contribution in [0.2, 0.25) is 0 Å². The average Bonchev–Trinajstić information content (AvgIpc) is 1.30. The predicted octanol–water partition coefficient (Wildman–Crippen LogP) is 2.06. The van der Waals surface area contributed by atoms with Crippen LogP contribution < -0.4 is 0 Å². The Morgan fingerprint density at radius 3 is 2.20 bits per heavy atom. The van der Waals surface area contributed by atoms with E-state index in [1.165, 1.54) is 17.3 Å². The highest BCUT2D eigenvalue weighted by Crippen LogP contribution is 2.22. The predicted molar refractivity (Wildman–Crippen MR) is 26.2 cm³/mol. The van der Waals surface area contributed by atoms with Crippen molar-refractivity contribution in [2.24, 2.45) is 0 Å². The lowest BCUT2D eigenvalue weighted by Gasteiger charge is -2.02. The molecule has 0 bridgehead atoms. The average molecular weight is 133 g/mol. The second-order valence-electron chi connectivity index (χ2n) is 1.19. The molecule has 0 aromatic heterocycles. The van der Waals surface area contributed by atoms with Crippen LogP contribution in [-0.2, 0) is 0 Å². The van der Waals surface area contributed by atoms with Crippen molar-refractivity contribution in [3.8, 4) is 0 Å². The quantitative estimate of drug-likeness (QED) is 0.474. The summed E-state index contributed by atoms with van der Waals surface area (Å²) in [6.45, 7) is 0. The van der Waals surface area contributed by atoms with Crippen LogP contribution in [0.15, 0.2) is 10.6 Å². The Morgan fingerprint density at radius 1 is 1.80 bits per heavy atom. The SMILES string of the molecule is BrC1=CCC1. The van der Waals surface area contributed by atoms with Gasteiger partial charge in [-0.25, -0.2) is 0 Å². The molecule has 0 fully saturated rings. The molecule has 28 valence electrons. The van der Waals surface area contributed by atoms with Gasteiger partial charge in [0, 0.05) is 0 Å². The monoisotopic (exact) mass is 132 g/mol. The maximum atomic E-state index is 3.32. The van der Waals surface area contributed by atoms with Crippen molar-refractivity contribution in [3.05, 3.63) is 10.6 Å². The van der Waals surface area contributed by atoms with Crippen LogP contribution in [0.5, 0.6) is 0 Å². The molecule has 1 heteroatoms. The molecule has 0 saturated heterocycles. The zero-order valence-electron chi connectivity index (χ0n) is 2.87. The van der Waals surface area contributed by atoms with Crippen LogP contribution in [0, 0.1) is 0 Å². The van der Waals surface area contributed by atoms with Gasteiger partial charge in [-0.05, 0) is 17.3 Å². The molecular weight excluding hydrogens is 128 g/mol. The lowest BCUT2D eigenvalue weighted by Crippen LogP contribution is -1.81. The minimum atomic E-state index is 1.26. The fraction of sp³-hybridized carbons (Fsp3) is 0.500. The molecule has 0 aliphatic heterocycles. The summed E-state index contributed by atoms with van der Waals surface area (Å²) in [7, 11) is 0. The van der Waals surface area contributed by atoms with E-state index in [0.717, 1.165) is 0 Å². The Labute approximate surface area is 40.0 Å². The molecule has 0 aromatic rings. The van der Waals surface area contributed by atoms with E-state index in [2.05, 4.69) is 22.0 Å². The van der Waals surface area contributed by atoms with Gasteiger partial charge in [0.25, 0.3) is 0 Å². The third-order valence-electron chi connectivity index (χ3n) is 0.749. The molecule has 0 unspecified atom stereocenters. The number of allylic oxidation sites excluding steroid dienone is 2. The van der Waals surface area contributed by atoms with E-state index in [-0.39, 0.29) is 0 Å². The number of halogens is 1. The molecule has 0 aromatic carbocycles. The minimum absolute atomic E-state index is 1.26. The van der Waals surface area contributed by atoms with Crippen molar-refractivity contribution < 1.29 is 0 Å². The van der Waals surface area contributed by atoms with Crippen molar-refractivity contribution in [1.29, 1.82) is 0 Å². The van der Waals surface area contributed by atoms with E-state index in [1.807, 2.05) is 0 Å². The molecule has 0 atom stereocenters. The van der Waals surface area contributed by atoms with Gasteiger partial charge in [0.1, 0.15) is 0 Å². The van der Waals surface area contributed by atoms with Gasteiger partial charge in [-0.2, -0.15) is 0 Å². The maximum absolute atomic E-state index is 3.32. The highest BCUT2D eigenvalue weighted by molar-refractivity contribution is 9.11. The number of hydrogen-bond acceptors (Lipinski definition) is 0. The largest absolute Gasteiger partial charge is 0.0740 e. The fourth-order valence-electron chi connectivity index (χ4n) is 0.253. The van der Waals surface area contributed by atoms with Gasteiger partial charge in [-0.3, -0.25) is 0 Å². The first-order chi connectivity index (χ1) is 2.39. The molecule has 0 amide bonds. The van der Waals surface area contributed by atoms with Crippen LogP contribution in [0.25, 0.3) is 0 Å². The van der Waals surface area contributed by atoms with Crippen molar-refractivity contribution in [2.45, 2.75) is 12.8 Å². The van der Waals surface area contributed by atoms with Gasteiger partial charge in [-0.15, -0.1) is 0 Å². The summed E-state index contributed by atoms with van der Waals surface area (Å²) in [6.07, 6.45) is 4.72. The smallest absolute Gasteiger partial charge is 0.00860 e. The van der Waals surface area contributed by atoms with E-state index in [4.69, 9.17) is 0 Å². The van der Waals surface area contributed by atoms with Crippen LogP contribution in [-0.4, -0.2) is 0 Å². The van der Waals surface area contributed by atoms with Crippen LogP contribution in [0.4, 0.5) is 0 Å². The van der Waals surface area contributed by atoms with Gasteiger partial charge in [0.2, 0.25) is 0 Å². The second-order valence-corrected chi connectivity index (χ2v) is 2.21. The lowest BCUT2D eigenvalue weighted by atomic mass is 10.1. The fourth-order valence-corrected chi connectivity index (χ4v) is 0.711. The number of rotatable bonds is 0. The minimum Gasteiger partial charge on any atom is -0.0740 e. The van der Waals surface area contributed by atoms with Crippen molar-refractivity contribution in [3.63, 3.8) is 0 Å². The zero-order chi connectivity index (χ0) is 3.70. The zero-order valence-corrected chi connectivity index (χ0v) is 4.46.